The summed E-state index contributed by atoms with van der Waals surface area (Å²) in [5.74, 6) is -0.131. The summed E-state index contributed by atoms with van der Waals surface area (Å²) in [6.07, 6.45) is 3.80. The van der Waals surface area contributed by atoms with Crippen molar-refractivity contribution in [2.45, 2.75) is 25.9 Å². The van der Waals surface area contributed by atoms with Gasteiger partial charge in [0.15, 0.2) is 0 Å². The summed E-state index contributed by atoms with van der Waals surface area (Å²) in [5.41, 5.74) is 2.21. The minimum atomic E-state index is -0.376. The molecule has 2 aromatic heterocycles. The Hall–Kier alpha value is -3.35. The van der Waals surface area contributed by atoms with Gasteiger partial charge < -0.3 is 19.2 Å². The number of allylic oxidation sites excluding steroid dienone is 1. The summed E-state index contributed by atoms with van der Waals surface area (Å²) in [4.78, 5) is 30.8. The van der Waals surface area contributed by atoms with Crippen molar-refractivity contribution >= 4 is 16.8 Å². The largest absolute Gasteiger partial charge is 0.493 e. The standard InChI is InChI=1S/C22H22FN3O3/c1-4-8-26-12-17(16-10-13(2)24-20(16)22(26)28)21(27)25(3)18-7-9-29-19-11-14(23)5-6-15(18)19/h4-6,10-12,18,24H,1,7-9H2,2-3H3. The molecule has 0 bridgehead atoms. The van der Waals surface area contributed by atoms with E-state index in [0.717, 1.165) is 11.3 Å². The maximum Gasteiger partial charge on any atom is 0.275 e. The maximum absolute atomic E-state index is 13.6. The van der Waals surface area contributed by atoms with E-state index in [-0.39, 0.29) is 23.3 Å². The molecule has 1 unspecified atom stereocenters. The van der Waals surface area contributed by atoms with Crippen LogP contribution in [0.2, 0.25) is 0 Å². The van der Waals surface area contributed by atoms with Gasteiger partial charge in [-0.1, -0.05) is 12.1 Å². The minimum Gasteiger partial charge on any atom is -0.493 e. The van der Waals surface area contributed by atoms with Gasteiger partial charge >= 0.3 is 0 Å². The Morgan fingerprint density at radius 2 is 2.24 bits per heavy atom. The number of rotatable bonds is 4. The van der Waals surface area contributed by atoms with Crippen LogP contribution in [0.1, 0.15) is 34.1 Å². The van der Waals surface area contributed by atoms with Crippen LogP contribution in [0.5, 0.6) is 5.75 Å². The second-order valence-electron chi connectivity index (χ2n) is 7.28. The van der Waals surface area contributed by atoms with Gasteiger partial charge in [0, 0.05) is 48.9 Å². The molecule has 150 valence electrons. The highest BCUT2D eigenvalue weighted by molar-refractivity contribution is 6.06. The van der Waals surface area contributed by atoms with Crippen molar-refractivity contribution in [3.63, 3.8) is 0 Å². The van der Waals surface area contributed by atoms with Gasteiger partial charge in [0.2, 0.25) is 0 Å². The molecular formula is C22H22FN3O3. The van der Waals surface area contributed by atoms with E-state index in [1.807, 2.05) is 13.0 Å². The zero-order valence-electron chi connectivity index (χ0n) is 16.4. The third kappa shape index (κ3) is 3.22. The Labute approximate surface area is 167 Å². The summed E-state index contributed by atoms with van der Waals surface area (Å²) >= 11 is 0. The van der Waals surface area contributed by atoms with Crippen LogP contribution >= 0.6 is 0 Å². The van der Waals surface area contributed by atoms with Gasteiger partial charge in [-0.25, -0.2) is 4.39 Å². The molecule has 3 aromatic rings. The highest BCUT2D eigenvalue weighted by Gasteiger charge is 2.30. The predicted molar refractivity (Wildman–Crippen MR) is 109 cm³/mol. The van der Waals surface area contributed by atoms with Gasteiger partial charge in [-0.05, 0) is 19.1 Å². The van der Waals surface area contributed by atoms with Crippen molar-refractivity contribution in [3.05, 3.63) is 76.1 Å². The number of aromatic amines is 1. The van der Waals surface area contributed by atoms with Crippen LogP contribution in [0.3, 0.4) is 0 Å². The molecule has 4 rings (SSSR count). The van der Waals surface area contributed by atoms with E-state index in [1.54, 1.807) is 30.3 Å². The second kappa shape index (κ2) is 7.24. The van der Waals surface area contributed by atoms with Crippen LogP contribution in [-0.4, -0.2) is 34.0 Å². The summed E-state index contributed by atoms with van der Waals surface area (Å²) < 4.78 is 20.6. The maximum atomic E-state index is 13.6. The summed E-state index contributed by atoms with van der Waals surface area (Å²) in [6.45, 7) is 6.23. The Morgan fingerprint density at radius 1 is 1.45 bits per heavy atom. The quantitative estimate of drug-likeness (QED) is 0.687. The number of ether oxygens (including phenoxy) is 1. The highest BCUT2D eigenvalue weighted by atomic mass is 19.1. The lowest BCUT2D eigenvalue weighted by Crippen LogP contribution is -2.35. The first-order valence-corrected chi connectivity index (χ1v) is 9.43. The summed E-state index contributed by atoms with van der Waals surface area (Å²) in [6, 6.07) is 5.94. The number of hydrogen-bond acceptors (Lipinski definition) is 3. The summed E-state index contributed by atoms with van der Waals surface area (Å²) in [7, 11) is 1.72. The van der Waals surface area contributed by atoms with Crippen LogP contribution < -0.4 is 10.3 Å². The number of benzene rings is 1. The number of halogens is 1. The topological polar surface area (TPSA) is 67.3 Å². The van der Waals surface area contributed by atoms with Crippen LogP contribution in [0.4, 0.5) is 4.39 Å². The van der Waals surface area contributed by atoms with E-state index in [2.05, 4.69) is 11.6 Å². The fourth-order valence-electron chi connectivity index (χ4n) is 3.92. The normalized spacial score (nSPS) is 15.6. The minimum absolute atomic E-state index is 0.195. The average Bonchev–Trinajstić information content (AvgIpc) is 3.10. The Bertz CT molecular complexity index is 1180. The first-order valence-electron chi connectivity index (χ1n) is 9.43. The molecule has 0 radical (unpaired) electrons. The van der Waals surface area contributed by atoms with Crippen molar-refractivity contribution in [1.82, 2.24) is 14.5 Å². The van der Waals surface area contributed by atoms with E-state index in [0.29, 0.717) is 41.8 Å². The molecule has 0 saturated heterocycles. The van der Waals surface area contributed by atoms with Crippen molar-refractivity contribution in [3.8, 4) is 5.75 Å². The molecule has 1 aromatic carbocycles. The number of nitrogens with one attached hydrogen (secondary N) is 1. The second-order valence-corrected chi connectivity index (χ2v) is 7.28. The molecule has 3 heterocycles. The third-order valence-electron chi connectivity index (χ3n) is 5.33. The third-order valence-corrected chi connectivity index (χ3v) is 5.33. The Morgan fingerprint density at radius 3 is 3.00 bits per heavy atom. The molecule has 1 N–H and O–H groups in total. The molecule has 0 fully saturated rings. The first-order chi connectivity index (χ1) is 13.9. The van der Waals surface area contributed by atoms with Crippen molar-refractivity contribution in [2.24, 2.45) is 0 Å². The van der Waals surface area contributed by atoms with Crippen molar-refractivity contribution in [1.29, 1.82) is 0 Å². The van der Waals surface area contributed by atoms with Gasteiger partial charge in [0.05, 0.1) is 18.2 Å². The molecular weight excluding hydrogens is 373 g/mol. The summed E-state index contributed by atoms with van der Waals surface area (Å²) in [5, 5.41) is 0.594. The zero-order valence-corrected chi connectivity index (χ0v) is 16.4. The lowest BCUT2D eigenvalue weighted by Gasteiger charge is -2.33. The van der Waals surface area contributed by atoms with E-state index in [9.17, 15) is 14.0 Å². The SMILES string of the molecule is C=CCn1cc(C(=O)N(C)C2CCOc3cc(F)ccc32)c2cc(C)[nH]c2c1=O. The van der Waals surface area contributed by atoms with Crippen LogP contribution in [-0.2, 0) is 6.54 Å². The van der Waals surface area contributed by atoms with Gasteiger partial charge in [-0.3, -0.25) is 9.59 Å². The molecule has 1 aliphatic heterocycles. The van der Waals surface area contributed by atoms with Gasteiger partial charge in [-0.2, -0.15) is 0 Å². The van der Waals surface area contributed by atoms with Gasteiger partial charge in [0.1, 0.15) is 17.1 Å². The zero-order chi connectivity index (χ0) is 20.7. The van der Waals surface area contributed by atoms with Crippen molar-refractivity contribution < 1.29 is 13.9 Å². The number of fused-ring (bicyclic) bond motifs is 2. The van der Waals surface area contributed by atoms with Crippen LogP contribution in [0, 0.1) is 12.7 Å². The molecule has 7 heteroatoms. The predicted octanol–water partition coefficient (Wildman–Crippen LogP) is 3.56. The number of aryl methyl sites for hydroxylation is 1. The number of H-pyrrole nitrogens is 1. The molecule has 6 nitrogen and oxygen atoms in total. The first kappa shape index (κ1) is 19.0. The molecule has 29 heavy (non-hydrogen) atoms. The number of nitrogens with zero attached hydrogens (tertiary/aromatic N) is 2. The number of hydrogen-bond donors (Lipinski definition) is 1. The van der Waals surface area contributed by atoms with Crippen LogP contribution in [0.15, 0.2) is 47.9 Å². The number of aromatic nitrogens is 2. The van der Waals surface area contributed by atoms with Gasteiger partial charge in [-0.15, -0.1) is 6.58 Å². The van der Waals surface area contributed by atoms with E-state index >= 15 is 0 Å². The fourth-order valence-corrected chi connectivity index (χ4v) is 3.92. The molecule has 0 saturated carbocycles. The molecule has 1 amide bonds. The molecule has 0 aliphatic carbocycles. The number of carbonyl (C=O) groups excluding carboxylic acids is 1. The molecule has 1 aliphatic rings. The van der Waals surface area contributed by atoms with Gasteiger partial charge in [0.25, 0.3) is 11.5 Å². The van der Waals surface area contributed by atoms with Crippen molar-refractivity contribution in [2.75, 3.05) is 13.7 Å². The van der Waals surface area contributed by atoms with E-state index < -0.39 is 0 Å². The smallest absolute Gasteiger partial charge is 0.275 e. The lowest BCUT2D eigenvalue weighted by atomic mass is 9.98. The number of carbonyl (C=O) groups is 1. The number of amides is 1. The van der Waals surface area contributed by atoms with E-state index in [4.69, 9.17) is 4.74 Å². The van der Waals surface area contributed by atoms with E-state index in [1.165, 1.54) is 16.7 Å². The Kier molecular flexibility index (Phi) is 4.74. The lowest BCUT2D eigenvalue weighted by molar-refractivity contribution is 0.0687. The Balaban J connectivity index is 1.79. The monoisotopic (exact) mass is 395 g/mol. The average molecular weight is 395 g/mol. The molecule has 1 atom stereocenters. The fraction of sp³-hybridized carbons (Fsp3) is 0.273. The van der Waals surface area contributed by atoms with Crippen LogP contribution in [0.25, 0.3) is 10.9 Å². The molecule has 0 spiro atoms. The highest BCUT2D eigenvalue weighted by Crippen LogP contribution is 2.36. The number of pyridine rings is 1.